The van der Waals surface area contributed by atoms with E-state index in [-0.39, 0.29) is 11.3 Å². The van der Waals surface area contributed by atoms with E-state index in [0.29, 0.717) is 40.1 Å². The van der Waals surface area contributed by atoms with Gasteiger partial charge in [0.15, 0.2) is 0 Å². The van der Waals surface area contributed by atoms with Gasteiger partial charge in [-0.1, -0.05) is 48.9 Å². The highest BCUT2D eigenvalue weighted by atomic mass is 35.5. The maximum absolute atomic E-state index is 13.5. The highest BCUT2D eigenvalue weighted by molar-refractivity contribution is 6.46. The summed E-state index contributed by atoms with van der Waals surface area (Å²) in [5, 5.41) is 3.57. The van der Waals surface area contributed by atoms with E-state index in [1.165, 1.54) is 7.11 Å². The topological polar surface area (TPSA) is 67.9 Å². The minimum atomic E-state index is -0.463. The number of hydrogen-bond acceptors (Lipinski definition) is 5. The number of benzene rings is 3. The number of imide groups is 1. The molecule has 3 aromatic carbocycles. The summed E-state index contributed by atoms with van der Waals surface area (Å²) in [6.45, 7) is 2.63. The molecular weight excluding hydrogens is 440 g/mol. The molecule has 0 unspecified atom stereocenters. The van der Waals surface area contributed by atoms with Gasteiger partial charge in [-0.2, -0.15) is 0 Å². The lowest BCUT2D eigenvalue weighted by Gasteiger charge is -2.16. The molecule has 1 N–H and O–H groups in total. The Morgan fingerprint density at radius 2 is 1.67 bits per heavy atom. The van der Waals surface area contributed by atoms with Gasteiger partial charge in [0.2, 0.25) is 0 Å². The van der Waals surface area contributed by atoms with Gasteiger partial charge in [0.05, 0.1) is 30.7 Å². The van der Waals surface area contributed by atoms with Crippen molar-refractivity contribution in [1.29, 1.82) is 0 Å². The standard InChI is InChI=1S/C26H23ClN2O4/c1-3-15-33-20-12-9-17(10-13-20)23-24(28-21-16-18(27)11-14-22(21)32-2)26(31)29(25(23)30)19-7-5-4-6-8-19/h4-14,16,28H,3,15H2,1-2H3. The van der Waals surface area contributed by atoms with Gasteiger partial charge in [0, 0.05) is 5.02 Å². The summed E-state index contributed by atoms with van der Waals surface area (Å²) < 4.78 is 11.1. The predicted octanol–water partition coefficient (Wildman–Crippen LogP) is 5.53. The predicted molar refractivity (Wildman–Crippen MR) is 130 cm³/mol. The molecule has 0 fully saturated rings. The first-order valence-electron chi connectivity index (χ1n) is 10.6. The van der Waals surface area contributed by atoms with Crippen molar-refractivity contribution in [2.45, 2.75) is 13.3 Å². The Kier molecular flexibility index (Phi) is 6.66. The summed E-state index contributed by atoms with van der Waals surface area (Å²) in [5.41, 5.74) is 1.97. The van der Waals surface area contributed by atoms with Crippen LogP contribution < -0.4 is 19.7 Å². The van der Waals surface area contributed by atoms with Gasteiger partial charge in [0.25, 0.3) is 11.8 Å². The van der Waals surface area contributed by atoms with Crippen molar-refractivity contribution in [3.8, 4) is 11.5 Å². The fourth-order valence-corrected chi connectivity index (χ4v) is 3.75. The molecule has 0 bridgehead atoms. The Morgan fingerprint density at radius 3 is 2.33 bits per heavy atom. The SMILES string of the molecule is CCCOc1ccc(C2=C(Nc3cc(Cl)ccc3OC)C(=O)N(c3ccccc3)C2=O)cc1. The molecule has 6 nitrogen and oxygen atoms in total. The van der Waals surface area contributed by atoms with E-state index in [1.54, 1.807) is 66.7 Å². The summed E-state index contributed by atoms with van der Waals surface area (Å²) >= 11 is 6.17. The molecular formula is C26H23ClN2O4. The number of halogens is 1. The highest BCUT2D eigenvalue weighted by Gasteiger charge is 2.40. The molecule has 1 heterocycles. The number of methoxy groups -OCH3 is 1. The minimum absolute atomic E-state index is 0.145. The van der Waals surface area contributed by atoms with Crippen molar-refractivity contribution in [3.63, 3.8) is 0 Å². The molecule has 4 rings (SSSR count). The first kappa shape index (κ1) is 22.4. The molecule has 168 valence electrons. The number of nitrogens with zero attached hydrogens (tertiary/aromatic N) is 1. The van der Waals surface area contributed by atoms with Crippen LogP contribution in [0.5, 0.6) is 11.5 Å². The maximum Gasteiger partial charge on any atom is 0.282 e. The third-order valence-corrected chi connectivity index (χ3v) is 5.37. The minimum Gasteiger partial charge on any atom is -0.495 e. The number of carbonyl (C=O) groups is 2. The molecule has 0 saturated heterocycles. The van der Waals surface area contributed by atoms with Crippen LogP contribution in [0.15, 0.2) is 78.5 Å². The van der Waals surface area contributed by atoms with Crippen LogP contribution in [-0.2, 0) is 9.59 Å². The summed E-state index contributed by atoms with van der Waals surface area (Å²) in [6.07, 6.45) is 0.890. The maximum atomic E-state index is 13.5. The molecule has 7 heteroatoms. The third-order valence-electron chi connectivity index (χ3n) is 5.14. The Balaban J connectivity index is 1.79. The van der Waals surface area contributed by atoms with Crippen LogP contribution in [-0.4, -0.2) is 25.5 Å². The average molecular weight is 463 g/mol. The van der Waals surface area contributed by atoms with Gasteiger partial charge in [0.1, 0.15) is 17.2 Å². The van der Waals surface area contributed by atoms with Gasteiger partial charge in [-0.05, 0) is 54.4 Å². The van der Waals surface area contributed by atoms with Crippen LogP contribution in [0.3, 0.4) is 0 Å². The van der Waals surface area contributed by atoms with Gasteiger partial charge >= 0.3 is 0 Å². The van der Waals surface area contributed by atoms with E-state index in [4.69, 9.17) is 21.1 Å². The van der Waals surface area contributed by atoms with Crippen molar-refractivity contribution >= 4 is 40.4 Å². The second-order valence-electron chi connectivity index (χ2n) is 7.37. The molecule has 0 saturated carbocycles. The highest BCUT2D eigenvalue weighted by Crippen LogP contribution is 2.36. The van der Waals surface area contributed by atoms with E-state index in [0.717, 1.165) is 11.3 Å². The van der Waals surface area contributed by atoms with Crippen LogP contribution in [0, 0.1) is 0 Å². The average Bonchev–Trinajstić information content (AvgIpc) is 3.08. The fraction of sp³-hybridized carbons (Fsp3) is 0.154. The van der Waals surface area contributed by atoms with Crippen molar-refractivity contribution in [2.75, 3.05) is 23.9 Å². The second-order valence-corrected chi connectivity index (χ2v) is 7.81. The summed E-state index contributed by atoms with van der Waals surface area (Å²) in [4.78, 5) is 28.2. The van der Waals surface area contributed by atoms with E-state index < -0.39 is 11.8 Å². The van der Waals surface area contributed by atoms with Crippen LogP contribution in [0.2, 0.25) is 5.02 Å². The van der Waals surface area contributed by atoms with E-state index in [9.17, 15) is 9.59 Å². The number of carbonyl (C=O) groups excluding carboxylic acids is 2. The molecule has 0 radical (unpaired) electrons. The number of nitrogens with one attached hydrogen (secondary N) is 1. The summed E-state index contributed by atoms with van der Waals surface area (Å²) in [7, 11) is 1.52. The molecule has 3 aromatic rings. The first-order valence-corrected chi connectivity index (χ1v) is 10.9. The second kappa shape index (κ2) is 9.79. The third kappa shape index (κ3) is 4.56. The van der Waals surface area contributed by atoms with Gasteiger partial charge in [-0.3, -0.25) is 9.59 Å². The van der Waals surface area contributed by atoms with Crippen molar-refractivity contribution in [1.82, 2.24) is 0 Å². The van der Waals surface area contributed by atoms with Crippen LogP contribution in [0.4, 0.5) is 11.4 Å². The normalized spacial score (nSPS) is 13.5. The zero-order valence-electron chi connectivity index (χ0n) is 18.3. The van der Waals surface area contributed by atoms with Crippen LogP contribution in [0.25, 0.3) is 5.57 Å². The molecule has 2 amide bonds. The lowest BCUT2D eigenvalue weighted by atomic mass is 10.0. The van der Waals surface area contributed by atoms with Gasteiger partial charge in [-0.25, -0.2) is 4.90 Å². The van der Waals surface area contributed by atoms with Gasteiger partial charge in [-0.15, -0.1) is 0 Å². The summed E-state index contributed by atoms with van der Waals surface area (Å²) in [5.74, 6) is 0.309. The van der Waals surface area contributed by atoms with Crippen molar-refractivity contribution in [2.24, 2.45) is 0 Å². The molecule has 33 heavy (non-hydrogen) atoms. The fourth-order valence-electron chi connectivity index (χ4n) is 3.58. The number of para-hydroxylation sites is 1. The number of amides is 2. The van der Waals surface area contributed by atoms with Crippen molar-refractivity contribution in [3.05, 3.63) is 89.1 Å². The zero-order valence-corrected chi connectivity index (χ0v) is 19.1. The largest absolute Gasteiger partial charge is 0.495 e. The molecule has 0 atom stereocenters. The molecule has 1 aliphatic heterocycles. The van der Waals surface area contributed by atoms with Gasteiger partial charge < -0.3 is 14.8 Å². The Hall–Kier alpha value is -3.77. The quantitative estimate of drug-likeness (QED) is 0.445. The van der Waals surface area contributed by atoms with E-state index in [2.05, 4.69) is 5.32 Å². The Morgan fingerprint density at radius 1 is 0.939 bits per heavy atom. The van der Waals surface area contributed by atoms with Crippen molar-refractivity contribution < 1.29 is 19.1 Å². The first-order chi connectivity index (χ1) is 16.0. The molecule has 0 spiro atoms. The molecule has 1 aliphatic rings. The number of rotatable bonds is 8. The monoisotopic (exact) mass is 462 g/mol. The number of anilines is 2. The number of ether oxygens (including phenoxy) is 2. The smallest absolute Gasteiger partial charge is 0.282 e. The zero-order chi connectivity index (χ0) is 23.4. The van der Waals surface area contributed by atoms with Crippen LogP contribution in [0.1, 0.15) is 18.9 Å². The molecule has 0 aliphatic carbocycles. The van der Waals surface area contributed by atoms with E-state index in [1.807, 2.05) is 13.0 Å². The lowest BCUT2D eigenvalue weighted by molar-refractivity contribution is -0.120. The Bertz CT molecular complexity index is 1210. The summed E-state index contributed by atoms with van der Waals surface area (Å²) in [6, 6.07) is 21.0. The number of hydrogen-bond donors (Lipinski definition) is 1. The van der Waals surface area contributed by atoms with E-state index >= 15 is 0 Å². The van der Waals surface area contributed by atoms with Crippen LogP contribution >= 0.6 is 11.6 Å². The molecule has 0 aromatic heterocycles. The lowest BCUT2D eigenvalue weighted by Crippen LogP contribution is -2.32. The Labute approximate surface area is 197 Å².